The van der Waals surface area contributed by atoms with Crippen LogP contribution in [-0.4, -0.2) is 15.2 Å². The summed E-state index contributed by atoms with van der Waals surface area (Å²) in [5, 5.41) is 4.42. The molecule has 0 fully saturated rings. The normalized spacial score (nSPS) is 15.4. The molecule has 1 aromatic rings. The minimum absolute atomic E-state index is 0.272. The van der Waals surface area contributed by atoms with Crippen molar-refractivity contribution < 1.29 is 0 Å². The van der Waals surface area contributed by atoms with E-state index >= 15 is 0 Å². The standard InChI is InChI=1S/C11H19ClN2/c1-4-10(9(2)12)5-6-11-7-8-13-14(11)3/h7-10H,4-6H2,1-3H3. The van der Waals surface area contributed by atoms with Crippen molar-refractivity contribution in [3.63, 3.8) is 0 Å². The second-order valence-corrected chi connectivity index (χ2v) is 4.52. The largest absolute Gasteiger partial charge is 0.273 e. The molecule has 1 heterocycles. The molecule has 0 radical (unpaired) electrons. The highest BCUT2D eigenvalue weighted by Crippen LogP contribution is 2.20. The monoisotopic (exact) mass is 214 g/mol. The SMILES string of the molecule is CCC(CCc1ccnn1C)C(C)Cl. The van der Waals surface area contributed by atoms with Crippen molar-refractivity contribution >= 4 is 11.6 Å². The van der Waals surface area contributed by atoms with E-state index in [1.165, 1.54) is 5.69 Å². The van der Waals surface area contributed by atoms with Crippen LogP contribution < -0.4 is 0 Å². The van der Waals surface area contributed by atoms with E-state index in [9.17, 15) is 0 Å². The fourth-order valence-electron chi connectivity index (χ4n) is 1.74. The van der Waals surface area contributed by atoms with Crippen LogP contribution in [0.5, 0.6) is 0 Å². The molecule has 80 valence electrons. The maximum Gasteiger partial charge on any atom is 0.0492 e. The predicted molar refractivity (Wildman–Crippen MR) is 60.6 cm³/mol. The maximum absolute atomic E-state index is 6.10. The maximum atomic E-state index is 6.10. The van der Waals surface area contributed by atoms with Gasteiger partial charge in [0.15, 0.2) is 0 Å². The van der Waals surface area contributed by atoms with Crippen LogP contribution in [0.4, 0.5) is 0 Å². The number of aromatic nitrogens is 2. The minimum atomic E-state index is 0.272. The molecule has 0 aromatic carbocycles. The zero-order valence-electron chi connectivity index (χ0n) is 9.20. The Morgan fingerprint density at radius 3 is 2.71 bits per heavy atom. The molecule has 0 saturated carbocycles. The van der Waals surface area contributed by atoms with Crippen LogP contribution in [0.3, 0.4) is 0 Å². The molecule has 3 heteroatoms. The highest BCUT2D eigenvalue weighted by Gasteiger charge is 2.13. The molecule has 14 heavy (non-hydrogen) atoms. The summed E-state index contributed by atoms with van der Waals surface area (Å²) in [7, 11) is 1.99. The van der Waals surface area contributed by atoms with Crippen LogP contribution in [-0.2, 0) is 13.5 Å². The lowest BCUT2D eigenvalue weighted by Gasteiger charge is -2.16. The Morgan fingerprint density at radius 1 is 1.57 bits per heavy atom. The third kappa shape index (κ3) is 3.02. The van der Waals surface area contributed by atoms with E-state index in [-0.39, 0.29) is 5.38 Å². The second-order valence-electron chi connectivity index (χ2n) is 3.83. The van der Waals surface area contributed by atoms with Crippen molar-refractivity contribution in [3.05, 3.63) is 18.0 Å². The lowest BCUT2D eigenvalue weighted by atomic mass is 9.96. The Morgan fingerprint density at radius 2 is 2.29 bits per heavy atom. The summed E-state index contributed by atoms with van der Waals surface area (Å²) in [6.07, 6.45) is 5.23. The predicted octanol–water partition coefficient (Wildman–Crippen LogP) is 3.01. The van der Waals surface area contributed by atoms with Crippen molar-refractivity contribution in [2.75, 3.05) is 0 Å². The molecule has 2 unspecified atom stereocenters. The first-order valence-corrected chi connectivity index (χ1v) is 5.69. The molecule has 0 aliphatic heterocycles. The summed E-state index contributed by atoms with van der Waals surface area (Å²) in [6.45, 7) is 4.28. The van der Waals surface area contributed by atoms with Crippen molar-refractivity contribution in [2.24, 2.45) is 13.0 Å². The summed E-state index contributed by atoms with van der Waals surface area (Å²) < 4.78 is 1.94. The summed E-state index contributed by atoms with van der Waals surface area (Å²) in [5.74, 6) is 0.617. The molecule has 0 bridgehead atoms. The highest BCUT2D eigenvalue weighted by atomic mass is 35.5. The third-order valence-corrected chi connectivity index (χ3v) is 3.22. The third-order valence-electron chi connectivity index (χ3n) is 2.87. The number of rotatable bonds is 5. The van der Waals surface area contributed by atoms with E-state index in [2.05, 4.69) is 25.0 Å². The summed E-state index contributed by atoms with van der Waals surface area (Å²) in [6, 6.07) is 2.08. The molecule has 1 rings (SSSR count). The Hall–Kier alpha value is -0.500. The molecule has 0 saturated heterocycles. The average Bonchev–Trinajstić information content (AvgIpc) is 2.52. The van der Waals surface area contributed by atoms with Gasteiger partial charge in [0.25, 0.3) is 0 Å². The topological polar surface area (TPSA) is 17.8 Å². The van der Waals surface area contributed by atoms with Gasteiger partial charge >= 0.3 is 0 Å². The quantitative estimate of drug-likeness (QED) is 0.690. The van der Waals surface area contributed by atoms with Crippen molar-refractivity contribution in [1.82, 2.24) is 9.78 Å². The van der Waals surface area contributed by atoms with Gasteiger partial charge in [-0.15, -0.1) is 11.6 Å². The van der Waals surface area contributed by atoms with Crippen LogP contribution in [0.1, 0.15) is 32.4 Å². The van der Waals surface area contributed by atoms with Gasteiger partial charge < -0.3 is 0 Å². The van der Waals surface area contributed by atoms with Crippen LogP contribution in [0.25, 0.3) is 0 Å². The highest BCUT2D eigenvalue weighted by molar-refractivity contribution is 6.20. The Bertz CT molecular complexity index is 268. The number of alkyl halides is 1. The van der Waals surface area contributed by atoms with Crippen LogP contribution in [0, 0.1) is 5.92 Å². The molecular weight excluding hydrogens is 196 g/mol. The van der Waals surface area contributed by atoms with Gasteiger partial charge in [0.05, 0.1) is 0 Å². The van der Waals surface area contributed by atoms with Crippen molar-refractivity contribution in [2.45, 2.75) is 38.5 Å². The van der Waals surface area contributed by atoms with Crippen molar-refractivity contribution in [1.29, 1.82) is 0 Å². The number of hydrogen-bond acceptors (Lipinski definition) is 1. The van der Waals surface area contributed by atoms with Crippen LogP contribution in [0.15, 0.2) is 12.3 Å². The van der Waals surface area contributed by atoms with Crippen LogP contribution in [0.2, 0.25) is 0 Å². The Kier molecular flexibility index (Phi) is 4.46. The van der Waals surface area contributed by atoms with Gasteiger partial charge in [-0.3, -0.25) is 4.68 Å². The molecule has 2 atom stereocenters. The van der Waals surface area contributed by atoms with Crippen LogP contribution >= 0.6 is 11.6 Å². The fraction of sp³-hybridized carbons (Fsp3) is 0.727. The number of hydrogen-bond donors (Lipinski definition) is 0. The second kappa shape index (κ2) is 5.40. The van der Waals surface area contributed by atoms with E-state index in [1.807, 2.05) is 17.9 Å². The minimum Gasteiger partial charge on any atom is -0.273 e. The fourth-order valence-corrected chi connectivity index (χ4v) is 2.04. The lowest BCUT2D eigenvalue weighted by molar-refractivity contribution is 0.455. The molecule has 0 spiro atoms. The smallest absolute Gasteiger partial charge is 0.0492 e. The lowest BCUT2D eigenvalue weighted by Crippen LogP contribution is -2.12. The molecule has 0 amide bonds. The molecular formula is C11H19ClN2. The van der Waals surface area contributed by atoms with Gasteiger partial charge in [-0.05, 0) is 31.7 Å². The molecule has 0 aliphatic carbocycles. The molecule has 1 aromatic heterocycles. The van der Waals surface area contributed by atoms with E-state index in [0.717, 1.165) is 19.3 Å². The van der Waals surface area contributed by atoms with E-state index in [1.54, 1.807) is 0 Å². The molecule has 2 nitrogen and oxygen atoms in total. The summed E-state index contributed by atoms with van der Waals surface area (Å²) >= 11 is 6.10. The Balaban J connectivity index is 2.43. The zero-order valence-corrected chi connectivity index (χ0v) is 9.96. The number of aryl methyl sites for hydroxylation is 2. The summed E-state index contributed by atoms with van der Waals surface area (Å²) in [4.78, 5) is 0. The van der Waals surface area contributed by atoms with E-state index < -0.39 is 0 Å². The zero-order chi connectivity index (χ0) is 10.6. The van der Waals surface area contributed by atoms with Gasteiger partial charge in [0.2, 0.25) is 0 Å². The molecule has 0 N–H and O–H groups in total. The van der Waals surface area contributed by atoms with Crippen molar-refractivity contribution in [3.8, 4) is 0 Å². The van der Waals surface area contributed by atoms with Gasteiger partial charge in [-0.1, -0.05) is 13.3 Å². The number of halogens is 1. The van der Waals surface area contributed by atoms with Gasteiger partial charge in [-0.2, -0.15) is 5.10 Å². The first-order chi connectivity index (χ1) is 6.65. The first-order valence-electron chi connectivity index (χ1n) is 5.26. The summed E-state index contributed by atoms with van der Waals surface area (Å²) in [5.41, 5.74) is 1.29. The van der Waals surface area contributed by atoms with E-state index in [4.69, 9.17) is 11.6 Å². The van der Waals surface area contributed by atoms with Gasteiger partial charge in [0, 0.05) is 24.3 Å². The van der Waals surface area contributed by atoms with Gasteiger partial charge in [0.1, 0.15) is 0 Å². The van der Waals surface area contributed by atoms with E-state index in [0.29, 0.717) is 5.92 Å². The first kappa shape index (κ1) is 11.6. The number of nitrogens with zero attached hydrogens (tertiary/aromatic N) is 2. The average molecular weight is 215 g/mol. The Labute approximate surface area is 91.3 Å². The molecule has 0 aliphatic rings. The van der Waals surface area contributed by atoms with Gasteiger partial charge in [-0.25, -0.2) is 0 Å².